The Morgan fingerprint density at radius 2 is 1.78 bits per heavy atom. The lowest BCUT2D eigenvalue weighted by molar-refractivity contribution is -0.116. The summed E-state index contributed by atoms with van der Waals surface area (Å²) in [6, 6.07) is 11.1. The smallest absolute Gasteiger partial charge is 0.240 e. The highest BCUT2D eigenvalue weighted by Crippen LogP contribution is 2.24. The van der Waals surface area contributed by atoms with Crippen LogP contribution in [0.1, 0.15) is 19.8 Å². The quantitative estimate of drug-likeness (QED) is 0.586. The number of anilines is 1. The largest absolute Gasteiger partial charge is 0.494 e. The zero-order valence-electron chi connectivity index (χ0n) is 14.7. The molecule has 0 atom stereocenters. The fourth-order valence-corrected chi connectivity index (χ4v) is 3.67. The van der Waals surface area contributed by atoms with Crippen molar-refractivity contribution in [3.05, 3.63) is 52.5 Å². The Labute approximate surface area is 168 Å². The van der Waals surface area contributed by atoms with Gasteiger partial charge in [-0.2, -0.15) is 0 Å². The number of hydrogen-bond donors (Lipinski definition) is 2. The van der Waals surface area contributed by atoms with E-state index >= 15 is 0 Å². The van der Waals surface area contributed by atoms with Crippen molar-refractivity contribution in [2.45, 2.75) is 24.7 Å². The van der Waals surface area contributed by atoms with Gasteiger partial charge in [-0.1, -0.05) is 23.2 Å². The molecular formula is C18H20Cl2N2O4S. The minimum atomic E-state index is -3.71. The summed E-state index contributed by atoms with van der Waals surface area (Å²) in [4.78, 5) is 12.0. The molecule has 0 radical (unpaired) electrons. The van der Waals surface area contributed by atoms with Crippen LogP contribution < -0.4 is 14.8 Å². The van der Waals surface area contributed by atoms with E-state index in [0.29, 0.717) is 18.7 Å². The van der Waals surface area contributed by atoms with Crippen molar-refractivity contribution in [2.24, 2.45) is 0 Å². The summed E-state index contributed by atoms with van der Waals surface area (Å²) in [5.74, 6) is 0.528. The molecule has 9 heteroatoms. The molecule has 0 spiro atoms. The second-order valence-electron chi connectivity index (χ2n) is 5.58. The fourth-order valence-electron chi connectivity index (χ4n) is 2.21. The number of hydrogen-bond acceptors (Lipinski definition) is 4. The monoisotopic (exact) mass is 430 g/mol. The van der Waals surface area contributed by atoms with E-state index in [0.717, 1.165) is 5.75 Å². The molecule has 0 aromatic heterocycles. The predicted molar refractivity (Wildman–Crippen MR) is 107 cm³/mol. The summed E-state index contributed by atoms with van der Waals surface area (Å²) in [7, 11) is -3.71. The Morgan fingerprint density at radius 3 is 2.41 bits per heavy atom. The van der Waals surface area contributed by atoms with E-state index < -0.39 is 10.0 Å². The number of sulfonamides is 1. The van der Waals surface area contributed by atoms with E-state index in [1.165, 1.54) is 18.2 Å². The Kier molecular flexibility index (Phi) is 7.91. The lowest BCUT2D eigenvalue weighted by Gasteiger charge is -2.09. The van der Waals surface area contributed by atoms with Gasteiger partial charge in [-0.25, -0.2) is 13.1 Å². The van der Waals surface area contributed by atoms with Gasteiger partial charge in [0.2, 0.25) is 15.9 Å². The van der Waals surface area contributed by atoms with Crippen LogP contribution in [0.4, 0.5) is 5.69 Å². The molecule has 0 aliphatic carbocycles. The van der Waals surface area contributed by atoms with Gasteiger partial charge < -0.3 is 10.1 Å². The maximum Gasteiger partial charge on any atom is 0.240 e. The minimum absolute atomic E-state index is 0.0238. The number of nitrogens with one attached hydrogen (secondary N) is 2. The summed E-state index contributed by atoms with van der Waals surface area (Å²) in [5.41, 5.74) is 0.653. The van der Waals surface area contributed by atoms with Gasteiger partial charge in [0.05, 0.1) is 21.5 Å². The number of halogens is 2. The summed E-state index contributed by atoms with van der Waals surface area (Å²) < 4.78 is 32.2. The van der Waals surface area contributed by atoms with E-state index in [9.17, 15) is 13.2 Å². The number of carbonyl (C=O) groups excluding carboxylic acids is 1. The Bertz CT molecular complexity index is 887. The molecule has 0 unspecified atom stereocenters. The normalized spacial score (nSPS) is 11.2. The molecule has 0 bridgehead atoms. The molecular weight excluding hydrogens is 411 g/mol. The van der Waals surface area contributed by atoms with Crippen LogP contribution in [-0.4, -0.2) is 27.5 Å². The third-order valence-corrected chi connectivity index (χ3v) is 5.72. The van der Waals surface area contributed by atoms with Crippen molar-refractivity contribution in [3.8, 4) is 5.75 Å². The highest BCUT2D eigenvalue weighted by atomic mass is 35.5. The highest BCUT2D eigenvalue weighted by molar-refractivity contribution is 7.89. The number of ether oxygens (including phenoxy) is 1. The van der Waals surface area contributed by atoms with Crippen molar-refractivity contribution in [1.29, 1.82) is 0 Å². The summed E-state index contributed by atoms with van der Waals surface area (Å²) in [6.07, 6.45) is 0.528. The van der Waals surface area contributed by atoms with Crippen molar-refractivity contribution in [1.82, 2.24) is 4.72 Å². The zero-order valence-corrected chi connectivity index (χ0v) is 17.0. The summed E-state index contributed by atoms with van der Waals surface area (Å²) in [6.45, 7) is 2.59. The van der Waals surface area contributed by atoms with Crippen LogP contribution in [-0.2, 0) is 14.8 Å². The Hall–Kier alpha value is -1.80. The van der Waals surface area contributed by atoms with Gasteiger partial charge in [0.15, 0.2) is 0 Å². The molecule has 27 heavy (non-hydrogen) atoms. The van der Waals surface area contributed by atoms with E-state index in [-0.39, 0.29) is 33.8 Å². The van der Waals surface area contributed by atoms with Crippen LogP contribution in [0.25, 0.3) is 0 Å². The van der Waals surface area contributed by atoms with Crippen molar-refractivity contribution < 1.29 is 17.9 Å². The molecule has 2 N–H and O–H groups in total. The SMILES string of the molecule is CCOc1ccc(NC(=O)CCCNS(=O)(=O)c2ccc(Cl)c(Cl)c2)cc1. The van der Waals surface area contributed by atoms with Crippen molar-refractivity contribution in [2.75, 3.05) is 18.5 Å². The molecule has 6 nitrogen and oxygen atoms in total. The van der Waals surface area contributed by atoms with Crippen LogP contribution in [0.3, 0.4) is 0 Å². The number of rotatable bonds is 9. The van der Waals surface area contributed by atoms with Crippen LogP contribution in [0.15, 0.2) is 47.4 Å². The molecule has 0 saturated carbocycles. The number of benzene rings is 2. The molecule has 146 valence electrons. The van der Waals surface area contributed by atoms with Gasteiger partial charge in [-0.05, 0) is 55.8 Å². The molecule has 2 aromatic carbocycles. The molecule has 0 heterocycles. The van der Waals surface area contributed by atoms with Gasteiger partial charge in [-0.15, -0.1) is 0 Å². The molecule has 0 saturated heterocycles. The third kappa shape index (κ3) is 6.70. The first-order chi connectivity index (χ1) is 12.8. The average Bonchev–Trinajstić information content (AvgIpc) is 2.63. The summed E-state index contributed by atoms with van der Waals surface area (Å²) in [5, 5.41) is 3.19. The van der Waals surface area contributed by atoms with E-state index in [1.54, 1.807) is 24.3 Å². The molecule has 0 aliphatic heterocycles. The molecule has 0 fully saturated rings. The van der Waals surface area contributed by atoms with Gasteiger partial charge in [0.1, 0.15) is 5.75 Å². The number of amides is 1. The maximum atomic E-state index is 12.2. The van der Waals surface area contributed by atoms with Crippen LogP contribution in [0.2, 0.25) is 10.0 Å². The number of carbonyl (C=O) groups is 1. The molecule has 0 aliphatic rings. The van der Waals surface area contributed by atoms with Gasteiger partial charge >= 0.3 is 0 Å². The van der Waals surface area contributed by atoms with Crippen LogP contribution in [0.5, 0.6) is 5.75 Å². The first kappa shape index (κ1) is 21.5. The fraction of sp³-hybridized carbons (Fsp3) is 0.278. The first-order valence-corrected chi connectivity index (χ1v) is 10.5. The van der Waals surface area contributed by atoms with Crippen LogP contribution in [0, 0.1) is 0 Å². The average molecular weight is 431 g/mol. The van der Waals surface area contributed by atoms with Crippen molar-refractivity contribution >= 4 is 44.8 Å². The molecule has 1 amide bonds. The lowest BCUT2D eigenvalue weighted by Crippen LogP contribution is -2.25. The molecule has 2 rings (SSSR count). The van der Waals surface area contributed by atoms with Crippen LogP contribution >= 0.6 is 23.2 Å². The van der Waals surface area contributed by atoms with E-state index in [4.69, 9.17) is 27.9 Å². The molecule has 2 aromatic rings. The van der Waals surface area contributed by atoms with Gasteiger partial charge in [0, 0.05) is 18.7 Å². The van der Waals surface area contributed by atoms with Crippen molar-refractivity contribution in [3.63, 3.8) is 0 Å². The first-order valence-electron chi connectivity index (χ1n) is 8.29. The third-order valence-electron chi connectivity index (χ3n) is 3.52. The van der Waals surface area contributed by atoms with Gasteiger partial charge in [-0.3, -0.25) is 4.79 Å². The van der Waals surface area contributed by atoms with E-state index in [2.05, 4.69) is 10.0 Å². The zero-order chi connectivity index (χ0) is 19.9. The lowest BCUT2D eigenvalue weighted by atomic mass is 10.2. The minimum Gasteiger partial charge on any atom is -0.494 e. The highest BCUT2D eigenvalue weighted by Gasteiger charge is 2.15. The summed E-state index contributed by atoms with van der Waals surface area (Å²) >= 11 is 11.6. The second kappa shape index (κ2) is 9.94. The Balaban J connectivity index is 1.78. The predicted octanol–water partition coefficient (Wildman–Crippen LogP) is 4.09. The van der Waals surface area contributed by atoms with Gasteiger partial charge in [0.25, 0.3) is 0 Å². The Morgan fingerprint density at radius 1 is 1.07 bits per heavy atom. The second-order valence-corrected chi connectivity index (χ2v) is 8.16. The standard InChI is InChI=1S/C18H20Cl2N2O4S/c1-2-26-14-7-5-13(6-8-14)22-18(23)4-3-11-21-27(24,25)15-9-10-16(19)17(20)12-15/h5-10,12,21H,2-4,11H2,1H3,(H,22,23). The topological polar surface area (TPSA) is 84.5 Å². The maximum absolute atomic E-state index is 12.2. The van der Waals surface area contributed by atoms with E-state index in [1.807, 2.05) is 6.92 Å².